The second kappa shape index (κ2) is 7.78. The number of benzene rings is 2. The van der Waals surface area contributed by atoms with E-state index in [1.54, 1.807) is 30.3 Å². The molecule has 0 atom stereocenters. The van der Waals surface area contributed by atoms with Crippen molar-refractivity contribution < 1.29 is 19.1 Å². The predicted molar refractivity (Wildman–Crippen MR) is 83.1 cm³/mol. The summed E-state index contributed by atoms with van der Waals surface area (Å²) < 4.78 is 9.79. The van der Waals surface area contributed by atoms with Crippen LogP contribution in [-0.4, -0.2) is 19.0 Å². The molecule has 2 aromatic rings. The average Bonchev–Trinajstić information content (AvgIpc) is 2.58. The largest absolute Gasteiger partial charge is 0.465 e. The molecule has 4 nitrogen and oxygen atoms in total. The Morgan fingerprint density at radius 1 is 1.05 bits per heavy atom. The predicted octanol–water partition coefficient (Wildman–Crippen LogP) is 3.23. The number of carbonyl (C=O) groups is 2. The van der Waals surface area contributed by atoms with Crippen molar-refractivity contribution in [2.75, 3.05) is 7.11 Å². The van der Waals surface area contributed by atoms with Crippen LogP contribution < -0.4 is 0 Å². The summed E-state index contributed by atoms with van der Waals surface area (Å²) in [4.78, 5) is 23.1. The summed E-state index contributed by atoms with van der Waals surface area (Å²) >= 11 is 0. The lowest BCUT2D eigenvalue weighted by Gasteiger charge is -2.04. The third kappa shape index (κ3) is 4.59. The van der Waals surface area contributed by atoms with E-state index in [1.165, 1.54) is 13.2 Å². The van der Waals surface area contributed by atoms with Gasteiger partial charge in [0.15, 0.2) is 0 Å². The number of ether oxygens (including phenoxy) is 2. The van der Waals surface area contributed by atoms with Crippen LogP contribution in [0.15, 0.2) is 60.7 Å². The first kappa shape index (κ1) is 15.5. The van der Waals surface area contributed by atoms with E-state index in [0.29, 0.717) is 5.56 Å². The zero-order valence-corrected chi connectivity index (χ0v) is 12.2. The molecule has 2 aromatic carbocycles. The van der Waals surface area contributed by atoms with Gasteiger partial charge in [-0.2, -0.15) is 0 Å². The lowest BCUT2D eigenvalue weighted by atomic mass is 10.1. The Morgan fingerprint density at radius 2 is 1.82 bits per heavy atom. The van der Waals surface area contributed by atoms with Crippen LogP contribution in [0.2, 0.25) is 0 Å². The topological polar surface area (TPSA) is 52.6 Å². The molecule has 0 saturated heterocycles. The zero-order valence-electron chi connectivity index (χ0n) is 12.2. The summed E-state index contributed by atoms with van der Waals surface area (Å²) in [6.45, 7) is 0.1000. The van der Waals surface area contributed by atoms with Gasteiger partial charge in [-0.05, 0) is 29.3 Å². The molecule has 0 unspecified atom stereocenters. The Balaban J connectivity index is 1.91. The van der Waals surface area contributed by atoms with Crippen LogP contribution in [0, 0.1) is 0 Å². The molecule has 0 N–H and O–H groups in total. The molecule has 0 spiro atoms. The SMILES string of the molecule is COC(=O)c1cccc(COC(=O)/C=C/c2ccccc2)c1. The van der Waals surface area contributed by atoms with E-state index in [0.717, 1.165) is 11.1 Å². The van der Waals surface area contributed by atoms with Crippen LogP contribution in [0.4, 0.5) is 0 Å². The van der Waals surface area contributed by atoms with E-state index < -0.39 is 11.9 Å². The highest BCUT2D eigenvalue weighted by molar-refractivity contribution is 5.89. The van der Waals surface area contributed by atoms with Crippen molar-refractivity contribution in [1.82, 2.24) is 0 Å². The van der Waals surface area contributed by atoms with Gasteiger partial charge in [-0.1, -0.05) is 42.5 Å². The molecule has 0 aliphatic rings. The maximum Gasteiger partial charge on any atom is 0.337 e. The Labute approximate surface area is 129 Å². The van der Waals surface area contributed by atoms with Gasteiger partial charge in [-0.15, -0.1) is 0 Å². The van der Waals surface area contributed by atoms with Crippen molar-refractivity contribution in [3.8, 4) is 0 Å². The van der Waals surface area contributed by atoms with Crippen LogP contribution in [0.5, 0.6) is 0 Å². The van der Waals surface area contributed by atoms with Crippen molar-refractivity contribution in [2.24, 2.45) is 0 Å². The van der Waals surface area contributed by atoms with Crippen molar-refractivity contribution >= 4 is 18.0 Å². The molecule has 0 bridgehead atoms. The lowest BCUT2D eigenvalue weighted by molar-refractivity contribution is -0.138. The second-order valence-corrected chi connectivity index (χ2v) is 4.54. The molecule has 0 saturated carbocycles. The maximum atomic E-state index is 11.7. The van der Waals surface area contributed by atoms with Crippen molar-refractivity contribution in [2.45, 2.75) is 6.61 Å². The smallest absolute Gasteiger partial charge is 0.337 e. The van der Waals surface area contributed by atoms with E-state index in [9.17, 15) is 9.59 Å². The molecular formula is C18H16O4. The number of hydrogen-bond acceptors (Lipinski definition) is 4. The summed E-state index contributed by atoms with van der Waals surface area (Å²) in [7, 11) is 1.32. The minimum absolute atomic E-state index is 0.1000. The molecule has 4 heteroatoms. The summed E-state index contributed by atoms with van der Waals surface area (Å²) in [5.41, 5.74) is 2.08. The maximum absolute atomic E-state index is 11.7. The Kier molecular flexibility index (Phi) is 5.49. The highest BCUT2D eigenvalue weighted by Gasteiger charge is 2.06. The fraction of sp³-hybridized carbons (Fsp3) is 0.111. The number of carbonyl (C=O) groups excluding carboxylic acids is 2. The number of rotatable bonds is 5. The first-order chi connectivity index (χ1) is 10.7. The lowest BCUT2D eigenvalue weighted by Crippen LogP contribution is -2.04. The van der Waals surface area contributed by atoms with Crippen LogP contribution in [0.1, 0.15) is 21.5 Å². The van der Waals surface area contributed by atoms with Gasteiger partial charge in [0.1, 0.15) is 6.61 Å². The van der Waals surface area contributed by atoms with E-state index in [-0.39, 0.29) is 6.61 Å². The summed E-state index contributed by atoms with van der Waals surface area (Å²) in [6, 6.07) is 16.3. The molecular weight excluding hydrogens is 280 g/mol. The van der Waals surface area contributed by atoms with Crippen LogP contribution >= 0.6 is 0 Å². The summed E-state index contributed by atoms with van der Waals surface area (Å²) in [5.74, 6) is -0.857. The van der Waals surface area contributed by atoms with Gasteiger partial charge in [0.2, 0.25) is 0 Å². The third-order valence-electron chi connectivity index (χ3n) is 2.94. The van der Waals surface area contributed by atoms with Crippen molar-refractivity contribution in [3.05, 3.63) is 77.4 Å². The Morgan fingerprint density at radius 3 is 2.55 bits per heavy atom. The molecule has 0 amide bonds. The monoisotopic (exact) mass is 296 g/mol. The fourth-order valence-corrected chi connectivity index (χ4v) is 1.84. The number of hydrogen-bond donors (Lipinski definition) is 0. The first-order valence-corrected chi connectivity index (χ1v) is 6.76. The Hall–Kier alpha value is -2.88. The normalized spacial score (nSPS) is 10.4. The molecule has 0 radical (unpaired) electrons. The molecule has 0 heterocycles. The van der Waals surface area contributed by atoms with Crippen LogP contribution in [-0.2, 0) is 20.9 Å². The van der Waals surface area contributed by atoms with Gasteiger partial charge in [0, 0.05) is 6.08 Å². The molecule has 0 fully saturated rings. The van der Waals surface area contributed by atoms with Gasteiger partial charge in [-0.3, -0.25) is 0 Å². The van der Waals surface area contributed by atoms with Crippen molar-refractivity contribution in [1.29, 1.82) is 0 Å². The second-order valence-electron chi connectivity index (χ2n) is 4.54. The van der Waals surface area contributed by atoms with E-state index in [1.807, 2.05) is 30.3 Å². The highest BCUT2D eigenvalue weighted by atomic mass is 16.5. The summed E-state index contributed by atoms with van der Waals surface area (Å²) in [6.07, 6.45) is 3.06. The molecule has 112 valence electrons. The van der Waals surface area contributed by atoms with Gasteiger partial charge in [0.25, 0.3) is 0 Å². The zero-order chi connectivity index (χ0) is 15.8. The molecule has 0 aliphatic heterocycles. The van der Waals surface area contributed by atoms with Crippen LogP contribution in [0.25, 0.3) is 6.08 Å². The van der Waals surface area contributed by atoms with Gasteiger partial charge < -0.3 is 9.47 Å². The Bertz CT molecular complexity index is 674. The standard InChI is InChI=1S/C18H16O4/c1-21-18(20)16-9-5-8-15(12-16)13-22-17(19)11-10-14-6-3-2-4-7-14/h2-12H,13H2,1H3/b11-10+. The summed E-state index contributed by atoms with van der Waals surface area (Å²) in [5, 5.41) is 0. The molecule has 0 aromatic heterocycles. The van der Waals surface area contributed by atoms with Gasteiger partial charge in [0.05, 0.1) is 12.7 Å². The average molecular weight is 296 g/mol. The van der Waals surface area contributed by atoms with Gasteiger partial charge in [-0.25, -0.2) is 9.59 Å². The van der Waals surface area contributed by atoms with E-state index >= 15 is 0 Å². The van der Waals surface area contributed by atoms with E-state index in [4.69, 9.17) is 4.74 Å². The van der Waals surface area contributed by atoms with Crippen LogP contribution in [0.3, 0.4) is 0 Å². The first-order valence-electron chi connectivity index (χ1n) is 6.76. The molecule has 22 heavy (non-hydrogen) atoms. The minimum Gasteiger partial charge on any atom is -0.465 e. The third-order valence-corrected chi connectivity index (χ3v) is 2.94. The van der Waals surface area contributed by atoms with Crippen molar-refractivity contribution in [3.63, 3.8) is 0 Å². The molecule has 0 aliphatic carbocycles. The quantitative estimate of drug-likeness (QED) is 0.628. The number of esters is 2. The molecule has 2 rings (SSSR count). The van der Waals surface area contributed by atoms with Gasteiger partial charge >= 0.3 is 11.9 Å². The number of methoxy groups -OCH3 is 1. The fourth-order valence-electron chi connectivity index (χ4n) is 1.84. The van der Waals surface area contributed by atoms with E-state index in [2.05, 4.69) is 4.74 Å². The highest BCUT2D eigenvalue weighted by Crippen LogP contribution is 2.08. The minimum atomic E-state index is -0.438.